The Kier molecular flexibility index (Phi) is 5.25. The van der Waals surface area contributed by atoms with Crippen LogP contribution in [0.4, 0.5) is 4.39 Å². The molecule has 2 heterocycles. The SMILES string of the molecule is Cc1cccc(OCc2ccc(C(=O)NN=Cc3ccc(F)s3)o2)c1. The van der Waals surface area contributed by atoms with Crippen LogP contribution in [0.25, 0.3) is 0 Å². The van der Waals surface area contributed by atoms with Crippen LogP contribution in [0.1, 0.15) is 26.8 Å². The van der Waals surface area contributed by atoms with Gasteiger partial charge in [0.2, 0.25) is 0 Å². The fourth-order valence-corrected chi connectivity index (χ4v) is 2.65. The van der Waals surface area contributed by atoms with E-state index in [-0.39, 0.29) is 17.5 Å². The molecule has 0 bridgehead atoms. The highest BCUT2D eigenvalue weighted by molar-refractivity contribution is 7.12. The Bertz CT molecular complexity index is 901. The molecule has 1 N–H and O–H groups in total. The number of rotatable bonds is 6. The summed E-state index contributed by atoms with van der Waals surface area (Å²) in [5.41, 5.74) is 3.43. The van der Waals surface area contributed by atoms with E-state index in [4.69, 9.17) is 9.15 Å². The van der Waals surface area contributed by atoms with Gasteiger partial charge in [-0.15, -0.1) is 11.3 Å². The van der Waals surface area contributed by atoms with E-state index in [1.807, 2.05) is 31.2 Å². The number of carbonyl (C=O) groups excluding carboxylic acids is 1. The molecule has 1 amide bonds. The summed E-state index contributed by atoms with van der Waals surface area (Å²) in [6.45, 7) is 2.20. The normalized spacial score (nSPS) is 11.0. The molecule has 0 spiro atoms. The molecular weight excluding hydrogens is 343 g/mol. The Labute approximate surface area is 147 Å². The van der Waals surface area contributed by atoms with Crippen molar-refractivity contribution in [2.45, 2.75) is 13.5 Å². The fourth-order valence-electron chi connectivity index (χ4n) is 2.04. The van der Waals surface area contributed by atoms with Gasteiger partial charge in [-0.05, 0) is 48.9 Å². The Hall–Kier alpha value is -2.93. The molecule has 25 heavy (non-hydrogen) atoms. The van der Waals surface area contributed by atoms with Crippen LogP contribution in [0.2, 0.25) is 0 Å². The number of halogens is 1. The van der Waals surface area contributed by atoms with Crippen molar-refractivity contribution in [1.29, 1.82) is 0 Å². The summed E-state index contributed by atoms with van der Waals surface area (Å²) in [6, 6.07) is 13.8. The number of ether oxygens (including phenoxy) is 1. The first kappa shape index (κ1) is 16.9. The van der Waals surface area contributed by atoms with Crippen molar-refractivity contribution in [3.05, 3.63) is 75.6 Å². The molecule has 2 aromatic heterocycles. The molecular formula is C18H15FN2O3S. The van der Waals surface area contributed by atoms with Gasteiger partial charge in [-0.2, -0.15) is 9.49 Å². The molecule has 0 aliphatic carbocycles. The summed E-state index contributed by atoms with van der Waals surface area (Å²) in [5, 5.41) is 3.46. The standard InChI is InChI=1S/C18H15FN2O3S/c1-12-3-2-4-13(9-12)23-11-14-5-7-16(24-14)18(22)21-20-10-15-6-8-17(19)25-15/h2-10H,11H2,1H3,(H,21,22). The lowest BCUT2D eigenvalue weighted by molar-refractivity contribution is 0.0923. The van der Waals surface area contributed by atoms with Gasteiger partial charge in [0.05, 0.1) is 11.1 Å². The second-order valence-electron chi connectivity index (χ2n) is 5.21. The molecule has 0 atom stereocenters. The number of nitrogens with zero attached hydrogens (tertiary/aromatic N) is 1. The van der Waals surface area contributed by atoms with Crippen molar-refractivity contribution in [2.24, 2.45) is 5.10 Å². The molecule has 0 unspecified atom stereocenters. The van der Waals surface area contributed by atoms with Gasteiger partial charge in [0, 0.05) is 0 Å². The number of carbonyl (C=O) groups is 1. The molecule has 3 rings (SSSR count). The fraction of sp³-hybridized carbons (Fsp3) is 0.111. The number of hydrogen-bond donors (Lipinski definition) is 1. The average Bonchev–Trinajstić information content (AvgIpc) is 3.22. The van der Waals surface area contributed by atoms with Crippen LogP contribution in [0.5, 0.6) is 5.75 Å². The van der Waals surface area contributed by atoms with E-state index in [1.165, 1.54) is 12.3 Å². The second-order valence-corrected chi connectivity index (χ2v) is 6.28. The quantitative estimate of drug-likeness (QED) is 0.532. The lowest BCUT2D eigenvalue weighted by Crippen LogP contribution is -2.16. The summed E-state index contributed by atoms with van der Waals surface area (Å²) >= 11 is 0.938. The number of nitrogens with one attached hydrogen (secondary N) is 1. The van der Waals surface area contributed by atoms with Crippen molar-refractivity contribution in [2.75, 3.05) is 0 Å². The number of furan rings is 1. The van der Waals surface area contributed by atoms with Crippen molar-refractivity contribution < 1.29 is 18.3 Å². The highest BCUT2D eigenvalue weighted by Gasteiger charge is 2.11. The molecule has 5 nitrogen and oxygen atoms in total. The zero-order chi connectivity index (χ0) is 17.6. The third-order valence-corrected chi connectivity index (χ3v) is 4.02. The molecule has 0 saturated carbocycles. The molecule has 3 aromatic rings. The zero-order valence-corrected chi connectivity index (χ0v) is 14.2. The highest BCUT2D eigenvalue weighted by Crippen LogP contribution is 2.16. The van der Waals surface area contributed by atoms with Crippen molar-refractivity contribution in [3.63, 3.8) is 0 Å². The van der Waals surface area contributed by atoms with Gasteiger partial charge in [-0.3, -0.25) is 4.79 Å². The maximum absolute atomic E-state index is 12.8. The van der Waals surface area contributed by atoms with Crippen molar-refractivity contribution in [3.8, 4) is 5.75 Å². The zero-order valence-electron chi connectivity index (χ0n) is 13.4. The predicted octanol–water partition coefficient (Wildman–Crippen LogP) is 4.13. The number of benzene rings is 1. The number of aryl methyl sites for hydroxylation is 1. The average molecular weight is 358 g/mol. The number of hydrogen-bond acceptors (Lipinski definition) is 5. The first-order chi connectivity index (χ1) is 12.1. The topological polar surface area (TPSA) is 63.8 Å². The lowest BCUT2D eigenvalue weighted by Gasteiger charge is -2.04. The van der Waals surface area contributed by atoms with E-state index < -0.39 is 5.91 Å². The molecule has 0 saturated heterocycles. The first-order valence-electron chi connectivity index (χ1n) is 7.47. The van der Waals surface area contributed by atoms with Gasteiger partial charge >= 0.3 is 5.91 Å². The van der Waals surface area contributed by atoms with Crippen LogP contribution in [-0.2, 0) is 6.61 Å². The van der Waals surface area contributed by atoms with Crippen LogP contribution in [0.3, 0.4) is 0 Å². The smallest absolute Gasteiger partial charge is 0.307 e. The highest BCUT2D eigenvalue weighted by atomic mass is 32.1. The summed E-state index contributed by atoms with van der Waals surface area (Å²) in [4.78, 5) is 12.5. The molecule has 0 fully saturated rings. The van der Waals surface area contributed by atoms with E-state index >= 15 is 0 Å². The Morgan fingerprint density at radius 3 is 2.96 bits per heavy atom. The number of hydrazone groups is 1. The lowest BCUT2D eigenvalue weighted by atomic mass is 10.2. The Morgan fingerprint density at radius 1 is 1.32 bits per heavy atom. The van der Waals surface area contributed by atoms with E-state index in [9.17, 15) is 9.18 Å². The van der Waals surface area contributed by atoms with E-state index in [0.29, 0.717) is 10.6 Å². The van der Waals surface area contributed by atoms with Crippen molar-refractivity contribution >= 4 is 23.5 Å². The third-order valence-electron chi connectivity index (χ3n) is 3.21. The van der Waals surface area contributed by atoms with Gasteiger partial charge in [0.15, 0.2) is 10.9 Å². The monoisotopic (exact) mass is 358 g/mol. The van der Waals surface area contributed by atoms with E-state index in [1.54, 1.807) is 18.2 Å². The van der Waals surface area contributed by atoms with E-state index in [0.717, 1.165) is 22.6 Å². The first-order valence-corrected chi connectivity index (χ1v) is 8.29. The van der Waals surface area contributed by atoms with E-state index in [2.05, 4.69) is 10.5 Å². The van der Waals surface area contributed by atoms with Gasteiger partial charge in [0.1, 0.15) is 18.1 Å². The third kappa shape index (κ3) is 4.77. The van der Waals surface area contributed by atoms with Crippen LogP contribution in [0.15, 0.2) is 58.0 Å². The second kappa shape index (κ2) is 7.76. The van der Waals surface area contributed by atoms with Crippen LogP contribution in [0, 0.1) is 12.1 Å². The van der Waals surface area contributed by atoms with Gasteiger partial charge < -0.3 is 9.15 Å². The molecule has 7 heteroatoms. The van der Waals surface area contributed by atoms with Gasteiger partial charge in [-0.1, -0.05) is 12.1 Å². The largest absolute Gasteiger partial charge is 0.486 e. The van der Waals surface area contributed by atoms with Crippen LogP contribution >= 0.6 is 11.3 Å². The number of amides is 1. The van der Waals surface area contributed by atoms with Gasteiger partial charge in [-0.25, -0.2) is 5.43 Å². The summed E-state index contributed by atoms with van der Waals surface area (Å²) in [5.74, 6) is 0.888. The summed E-state index contributed by atoms with van der Waals surface area (Å²) in [7, 11) is 0. The van der Waals surface area contributed by atoms with Crippen LogP contribution < -0.4 is 10.2 Å². The number of thiophene rings is 1. The maximum Gasteiger partial charge on any atom is 0.307 e. The molecule has 0 radical (unpaired) electrons. The summed E-state index contributed by atoms with van der Waals surface area (Å²) < 4.78 is 23.9. The molecule has 0 aliphatic heterocycles. The summed E-state index contributed by atoms with van der Waals surface area (Å²) in [6.07, 6.45) is 1.37. The minimum Gasteiger partial charge on any atom is -0.486 e. The van der Waals surface area contributed by atoms with Gasteiger partial charge in [0.25, 0.3) is 0 Å². The molecule has 0 aliphatic rings. The van der Waals surface area contributed by atoms with Crippen molar-refractivity contribution in [1.82, 2.24) is 5.43 Å². The minimum atomic E-state index is -0.491. The predicted molar refractivity (Wildman–Crippen MR) is 93.6 cm³/mol. The molecule has 128 valence electrons. The minimum absolute atomic E-state index is 0.123. The Balaban J connectivity index is 1.53. The maximum atomic E-state index is 12.8. The molecule has 1 aromatic carbocycles. The Morgan fingerprint density at radius 2 is 2.20 bits per heavy atom. The van der Waals surface area contributed by atoms with Crippen LogP contribution in [-0.4, -0.2) is 12.1 Å².